The van der Waals surface area contributed by atoms with Gasteiger partial charge in [0.05, 0.1) is 16.4 Å². The molecule has 6 heteroatoms. The summed E-state index contributed by atoms with van der Waals surface area (Å²) in [5.41, 5.74) is 5.58. The Morgan fingerprint density at radius 3 is 3.00 bits per heavy atom. The van der Waals surface area contributed by atoms with Gasteiger partial charge in [0.1, 0.15) is 17.3 Å². The van der Waals surface area contributed by atoms with E-state index in [4.69, 9.17) is 16.6 Å². The molecule has 1 aliphatic heterocycles. The van der Waals surface area contributed by atoms with Gasteiger partial charge in [-0.25, -0.2) is 14.4 Å². The summed E-state index contributed by atoms with van der Waals surface area (Å²) < 4.78 is 18.1. The molecule has 0 saturated carbocycles. The maximum atomic E-state index is 13.8. The number of pyridine rings is 1. The first kappa shape index (κ1) is 15.6. The van der Waals surface area contributed by atoms with Crippen LogP contribution < -0.4 is 0 Å². The Labute approximate surface area is 154 Å². The fraction of sp³-hybridized carbons (Fsp3) is 0.200. The smallest absolute Gasteiger partial charge is 0.142 e. The number of rotatable bonds is 2. The number of fused-ring (bicyclic) bond motifs is 2. The summed E-state index contributed by atoms with van der Waals surface area (Å²) in [6, 6.07) is 7.22. The summed E-state index contributed by atoms with van der Waals surface area (Å²) in [7, 11) is 0. The molecular formula is C20H16ClFN4. The van der Waals surface area contributed by atoms with Crippen molar-refractivity contribution < 1.29 is 4.39 Å². The number of hydrogen-bond acceptors (Lipinski definition) is 2. The van der Waals surface area contributed by atoms with Gasteiger partial charge in [-0.1, -0.05) is 11.6 Å². The van der Waals surface area contributed by atoms with Crippen LogP contribution in [0, 0.1) is 12.7 Å². The highest BCUT2D eigenvalue weighted by atomic mass is 35.5. The van der Waals surface area contributed by atoms with Crippen molar-refractivity contribution in [2.24, 2.45) is 0 Å². The molecule has 4 aromatic rings. The number of nitrogens with zero attached hydrogens (tertiary/aromatic N) is 4. The van der Waals surface area contributed by atoms with E-state index in [1.165, 1.54) is 6.07 Å². The fourth-order valence-corrected chi connectivity index (χ4v) is 3.93. The van der Waals surface area contributed by atoms with Crippen molar-refractivity contribution in [1.29, 1.82) is 0 Å². The Hall–Kier alpha value is -2.66. The number of benzene rings is 1. The molecule has 0 radical (unpaired) electrons. The molecule has 0 unspecified atom stereocenters. The zero-order valence-electron chi connectivity index (χ0n) is 14.2. The average Bonchev–Trinajstić information content (AvgIpc) is 3.32. The van der Waals surface area contributed by atoms with Gasteiger partial charge in [0.25, 0.3) is 0 Å². The lowest BCUT2D eigenvalue weighted by Crippen LogP contribution is -1.98. The lowest BCUT2D eigenvalue weighted by atomic mass is 10.0. The van der Waals surface area contributed by atoms with E-state index < -0.39 is 5.82 Å². The summed E-state index contributed by atoms with van der Waals surface area (Å²) in [6.45, 7) is 2.83. The second-order valence-electron chi connectivity index (χ2n) is 6.67. The molecule has 130 valence electrons. The van der Waals surface area contributed by atoms with E-state index in [1.54, 1.807) is 12.3 Å². The molecule has 4 nitrogen and oxygen atoms in total. The molecule has 3 aromatic heterocycles. The minimum Gasteiger partial charge on any atom is -0.327 e. The highest BCUT2D eigenvalue weighted by Crippen LogP contribution is 2.38. The summed E-state index contributed by atoms with van der Waals surface area (Å²) in [4.78, 5) is 9.20. The molecule has 0 amide bonds. The normalized spacial score (nSPS) is 13.5. The van der Waals surface area contributed by atoms with Crippen molar-refractivity contribution in [1.82, 2.24) is 18.9 Å². The highest BCUT2D eigenvalue weighted by Gasteiger charge is 2.25. The molecule has 0 saturated heterocycles. The van der Waals surface area contributed by atoms with Gasteiger partial charge in [-0.05, 0) is 43.2 Å². The van der Waals surface area contributed by atoms with Gasteiger partial charge in [-0.3, -0.25) is 0 Å². The highest BCUT2D eigenvalue weighted by molar-refractivity contribution is 6.31. The standard InChI is InChI=1S/C20H16ClFN4/c1-12-9-16(22)15(21)10-14(12)19-20(26-7-2-3-18(26)24-19)13-4-5-17-23-6-8-25(17)11-13/h4-6,8-11H,2-3,7H2,1H3. The van der Waals surface area contributed by atoms with Crippen LogP contribution in [0.3, 0.4) is 0 Å². The number of imidazole rings is 2. The van der Waals surface area contributed by atoms with Gasteiger partial charge in [-0.15, -0.1) is 0 Å². The molecule has 0 atom stereocenters. The summed E-state index contributed by atoms with van der Waals surface area (Å²) in [6.07, 6.45) is 7.82. The van der Waals surface area contributed by atoms with Crippen molar-refractivity contribution in [2.75, 3.05) is 0 Å². The largest absolute Gasteiger partial charge is 0.327 e. The van der Waals surface area contributed by atoms with Crippen LogP contribution in [0.4, 0.5) is 4.39 Å². The number of halogens is 2. The number of aromatic nitrogens is 4. The molecule has 0 bridgehead atoms. The first-order valence-corrected chi connectivity index (χ1v) is 8.98. The molecule has 1 aromatic carbocycles. The molecule has 0 aliphatic carbocycles. The quantitative estimate of drug-likeness (QED) is 0.505. The molecular weight excluding hydrogens is 351 g/mol. The van der Waals surface area contributed by atoms with E-state index in [1.807, 2.05) is 23.6 Å². The zero-order chi connectivity index (χ0) is 17.8. The van der Waals surface area contributed by atoms with Gasteiger partial charge in [0.15, 0.2) is 0 Å². The van der Waals surface area contributed by atoms with E-state index in [9.17, 15) is 4.39 Å². The SMILES string of the molecule is Cc1cc(F)c(Cl)cc1-c1nc2n(c1-c1ccc3nccn3c1)CCC2. The third-order valence-corrected chi connectivity index (χ3v) is 5.30. The third-order valence-electron chi connectivity index (χ3n) is 5.01. The van der Waals surface area contributed by atoms with Gasteiger partial charge in [0, 0.05) is 42.7 Å². The molecule has 0 spiro atoms. The van der Waals surface area contributed by atoms with Gasteiger partial charge in [-0.2, -0.15) is 0 Å². The first-order valence-electron chi connectivity index (χ1n) is 8.60. The molecule has 0 fully saturated rings. The molecule has 0 N–H and O–H groups in total. The minimum absolute atomic E-state index is 0.120. The Balaban J connectivity index is 1.78. The zero-order valence-corrected chi connectivity index (χ0v) is 15.0. The Morgan fingerprint density at radius 1 is 1.23 bits per heavy atom. The van der Waals surface area contributed by atoms with Crippen LogP contribution in [0.5, 0.6) is 0 Å². The van der Waals surface area contributed by atoms with Crippen LogP contribution in [0.2, 0.25) is 5.02 Å². The number of aryl methyl sites for hydroxylation is 2. The Bertz CT molecular complexity index is 1160. The van der Waals surface area contributed by atoms with Crippen LogP contribution in [0.25, 0.3) is 28.2 Å². The van der Waals surface area contributed by atoms with Crippen LogP contribution in [-0.4, -0.2) is 18.9 Å². The predicted molar refractivity (Wildman–Crippen MR) is 99.9 cm³/mol. The van der Waals surface area contributed by atoms with Crippen molar-refractivity contribution in [3.8, 4) is 22.5 Å². The van der Waals surface area contributed by atoms with Crippen LogP contribution in [-0.2, 0) is 13.0 Å². The van der Waals surface area contributed by atoms with Gasteiger partial charge < -0.3 is 8.97 Å². The van der Waals surface area contributed by atoms with Crippen LogP contribution >= 0.6 is 11.6 Å². The maximum Gasteiger partial charge on any atom is 0.142 e. The molecule has 4 heterocycles. The second kappa shape index (κ2) is 5.68. The summed E-state index contributed by atoms with van der Waals surface area (Å²) >= 11 is 6.07. The second-order valence-corrected chi connectivity index (χ2v) is 7.08. The Kier molecular flexibility index (Phi) is 3.40. The van der Waals surface area contributed by atoms with Crippen molar-refractivity contribution in [3.05, 3.63) is 65.1 Å². The van der Waals surface area contributed by atoms with Crippen LogP contribution in [0.1, 0.15) is 17.8 Å². The Morgan fingerprint density at radius 2 is 2.12 bits per heavy atom. The topological polar surface area (TPSA) is 35.1 Å². The first-order chi connectivity index (χ1) is 12.6. The summed E-state index contributed by atoms with van der Waals surface area (Å²) in [5.74, 6) is 0.668. The van der Waals surface area contributed by atoms with E-state index in [0.29, 0.717) is 0 Å². The fourth-order valence-electron chi connectivity index (χ4n) is 3.77. The maximum absolute atomic E-state index is 13.8. The van der Waals surface area contributed by atoms with E-state index in [2.05, 4.69) is 21.8 Å². The monoisotopic (exact) mass is 366 g/mol. The lowest BCUT2D eigenvalue weighted by molar-refractivity contribution is 0.627. The molecule has 26 heavy (non-hydrogen) atoms. The number of hydrogen-bond donors (Lipinski definition) is 0. The van der Waals surface area contributed by atoms with Gasteiger partial charge >= 0.3 is 0 Å². The van der Waals surface area contributed by atoms with Crippen molar-refractivity contribution in [3.63, 3.8) is 0 Å². The average molecular weight is 367 g/mol. The van der Waals surface area contributed by atoms with E-state index in [-0.39, 0.29) is 5.02 Å². The van der Waals surface area contributed by atoms with Crippen molar-refractivity contribution >= 4 is 17.2 Å². The van der Waals surface area contributed by atoms with Crippen molar-refractivity contribution in [2.45, 2.75) is 26.3 Å². The van der Waals surface area contributed by atoms with E-state index in [0.717, 1.165) is 58.9 Å². The molecule has 5 rings (SSSR count). The lowest BCUT2D eigenvalue weighted by Gasteiger charge is -2.11. The predicted octanol–water partition coefficient (Wildman–Crippen LogP) is 4.91. The molecule has 1 aliphatic rings. The summed E-state index contributed by atoms with van der Waals surface area (Å²) in [5, 5.41) is 0.120. The minimum atomic E-state index is -0.402. The van der Waals surface area contributed by atoms with Crippen LogP contribution in [0.15, 0.2) is 42.9 Å². The van der Waals surface area contributed by atoms with E-state index >= 15 is 0 Å². The van der Waals surface area contributed by atoms with Gasteiger partial charge in [0.2, 0.25) is 0 Å². The third kappa shape index (κ3) is 2.27.